The molecule has 8 nitrogen and oxygen atoms in total. The van der Waals surface area contributed by atoms with Crippen molar-refractivity contribution < 1.29 is 9.47 Å². The molecular weight excluding hydrogens is 320 g/mol. The van der Waals surface area contributed by atoms with Crippen LogP contribution in [0.25, 0.3) is 5.70 Å². The van der Waals surface area contributed by atoms with Gasteiger partial charge in [0.25, 0.3) is 0 Å². The minimum atomic E-state index is -0.244. The molecule has 25 heavy (non-hydrogen) atoms. The van der Waals surface area contributed by atoms with Gasteiger partial charge in [-0.15, -0.1) is 0 Å². The molecule has 0 spiro atoms. The molecular formula is C17H16N6O2. The van der Waals surface area contributed by atoms with Gasteiger partial charge in [-0.05, 0) is 46.8 Å². The molecule has 3 aromatic rings. The van der Waals surface area contributed by atoms with Crippen molar-refractivity contribution in [3.05, 3.63) is 59.9 Å². The van der Waals surface area contributed by atoms with Gasteiger partial charge in [0.15, 0.2) is 0 Å². The Labute approximate surface area is 144 Å². The first kappa shape index (κ1) is 15.1. The predicted octanol–water partition coefficient (Wildman–Crippen LogP) is 2.14. The van der Waals surface area contributed by atoms with Gasteiger partial charge in [0.05, 0.1) is 14.2 Å². The lowest BCUT2D eigenvalue weighted by Gasteiger charge is -2.24. The Bertz CT molecular complexity index is 922. The number of rotatable bonds is 4. The van der Waals surface area contributed by atoms with Crippen LogP contribution in [0.5, 0.6) is 11.5 Å². The maximum Gasteiger partial charge on any atom is 0.248 e. The number of pyridine rings is 1. The Morgan fingerprint density at radius 2 is 2.08 bits per heavy atom. The van der Waals surface area contributed by atoms with Crippen LogP contribution in [0.15, 0.2) is 48.8 Å². The van der Waals surface area contributed by atoms with Crippen molar-refractivity contribution >= 4 is 11.6 Å². The Morgan fingerprint density at radius 1 is 1.16 bits per heavy atom. The number of benzene rings is 1. The molecule has 8 heteroatoms. The minimum Gasteiger partial charge on any atom is -0.497 e. The molecule has 0 saturated heterocycles. The van der Waals surface area contributed by atoms with E-state index in [-0.39, 0.29) is 6.04 Å². The fourth-order valence-corrected chi connectivity index (χ4v) is 2.84. The Morgan fingerprint density at radius 3 is 2.84 bits per heavy atom. The van der Waals surface area contributed by atoms with Gasteiger partial charge in [0, 0.05) is 29.2 Å². The molecule has 1 N–H and O–H groups in total. The van der Waals surface area contributed by atoms with Gasteiger partial charge in [0.1, 0.15) is 17.5 Å². The number of methoxy groups -OCH3 is 2. The summed E-state index contributed by atoms with van der Waals surface area (Å²) in [5.41, 5.74) is 2.73. The van der Waals surface area contributed by atoms with Crippen molar-refractivity contribution in [3.8, 4) is 11.5 Å². The maximum atomic E-state index is 5.53. The Kier molecular flexibility index (Phi) is 3.77. The van der Waals surface area contributed by atoms with E-state index in [1.807, 2.05) is 36.4 Å². The number of hydrogen-bond donors (Lipinski definition) is 1. The van der Waals surface area contributed by atoms with E-state index in [0.29, 0.717) is 5.95 Å². The molecule has 4 rings (SSSR count). The molecule has 3 heterocycles. The molecule has 1 atom stereocenters. The van der Waals surface area contributed by atoms with Crippen LogP contribution in [0.1, 0.15) is 17.2 Å². The standard InChI is InChI=1S/C17H16N6O2/c1-24-12-5-6-16(25-2)13(8-12)15-9-14(11-4-3-7-18-10-11)19-17-20-21-22-23(15)17/h3-10,15H,1-2H3,(H,19,20,22)/t15-/m1/s1. The largest absolute Gasteiger partial charge is 0.497 e. The van der Waals surface area contributed by atoms with E-state index in [4.69, 9.17) is 9.47 Å². The summed E-state index contributed by atoms with van der Waals surface area (Å²) in [6, 6.07) is 9.28. The van der Waals surface area contributed by atoms with Gasteiger partial charge in [-0.1, -0.05) is 5.10 Å². The van der Waals surface area contributed by atoms with Crippen LogP contribution >= 0.6 is 0 Å². The van der Waals surface area contributed by atoms with Crippen molar-refractivity contribution in [1.82, 2.24) is 25.2 Å². The van der Waals surface area contributed by atoms with E-state index in [0.717, 1.165) is 28.3 Å². The molecule has 0 unspecified atom stereocenters. The Balaban J connectivity index is 1.87. The lowest BCUT2D eigenvalue weighted by molar-refractivity contribution is 0.393. The highest BCUT2D eigenvalue weighted by atomic mass is 16.5. The number of nitrogens with zero attached hydrogens (tertiary/aromatic N) is 5. The molecule has 1 aliphatic rings. The predicted molar refractivity (Wildman–Crippen MR) is 91.3 cm³/mol. The van der Waals surface area contributed by atoms with Crippen molar-refractivity contribution in [2.75, 3.05) is 19.5 Å². The second-order valence-corrected chi connectivity index (χ2v) is 5.45. The summed E-state index contributed by atoms with van der Waals surface area (Å²) < 4.78 is 12.6. The highest BCUT2D eigenvalue weighted by Crippen LogP contribution is 2.37. The first-order valence-corrected chi connectivity index (χ1v) is 7.69. The third-order valence-electron chi connectivity index (χ3n) is 4.06. The van der Waals surface area contributed by atoms with Crippen LogP contribution < -0.4 is 14.8 Å². The second-order valence-electron chi connectivity index (χ2n) is 5.45. The Hall–Kier alpha value is -3.42. The summed E-state index contributed by atoms with van der Waals surface area (Å²) in [7, 11) is 3.27. The van der Waals surface area contributed by atoms with Crippen molar-refractivity contribution in [3.63, 3.8) is 0 Å². The third-order valence-corrected chi connectivity index (χ3v) is 4.06. The van der Waals surface area contributed by atoms with E-state index < -0.39 is 0 Å². The highest BCUT2D eigenvalue weighted by molar-refractivity contribution is 5.76. The summed E-state index contributed by atoms with van der Waals surface area (Å²) in [5, 5.41) is 15.2. The zero-order valence-electron chi connectivity index (χ0n) is 13.7. The quantitative estimate of drug-likeness (QED) is 0.781. The first-order valence-electron chi connectivity index (χ1n) is 7.69. The van der Waals surface area contributed by atoms with Crippen LogP contribution in [0.4, 0.5) is 5.95 Å². The van der Waals surface area contributed by atoms with Crippen molar-refractivity contribution in [2.24, 2.45) is 0 Å². The van der Waals surface area contributed by atoms with Gasteiger partial charge in [-0.25, -0.2) is 0 Å². The molecule has 1 aliphatic heterocycles. The first-order chi connectivity index (χ1) is 12.3. The number of fused-ring (bicyclic) bond motifs is 1. The van der Waals surface area contributed by atoms with Crippen LogP contribution in [0, 0.1) is 0 Å². The van der Waals surface area contributed by atoms with E-state index in [1.54, 1.807) is 31.3 Å². The molecule has 0 aliphatic carbocycles. The zero-order valence-corrected chi connectivity index (χ0v) is 13.7. The van der Waals surface area contributed by atoms with E-state index in [2.05, 4.69) is 25.8 Å². The summed E-state index contributed by atoms with van der Waals surface area (Å²) in [5.74, 6) is 2.02. The van der Waals surface area contributed by atoms with Gasteiger partial charge in [-0.3, -0.25) is 4.98 Å². The molecule has 2 aromatic heterocycles. The summed E-state index contributed by atoms with van der Waals surface area (Å²) >= 11 is 0. The number of hydrogen-bond acceptors (Lipinski definition) is 7. The molecule has 0 saturated carbocycles. The summed E-state index contributed by atoms with van der Waals surface area (Å²) in [6.07, 6.45) is 5.56. The lowest BCUT2D eigenvalue weighted by atomic mass is 10.0. The van der Waals surface area contributed by atoms with Crippen molar-refractivity contribution in [1.29, 1.82) is 0 Å². The molecule has 0 bridgehead atoms. The number of tetrazole rings is 1. The molecule has 1 aromatic carbocycles. The zero-order chi connectivity index (χ0) is 17.2. The number of aromatic nitrogens is 5. The average molecular weight is 336 g/mol. The molecule has 0 amide bonds. The maximum absolute atomic E-state index is 5.53. The SMILES string of the molecule is COc1ccc(OC)c([C@H]2C=C(c3cccnc3)Nc3nnnn32)c1. The lowest BCUT2D eigenvalue weighted by Crippen LogP contribution is -2.20. The summed E-state index contributed by atoms with van der Waals surface area (Å²) in [4.78, 5) is 4.18. The number of ether oxygens (including phenoxy) is 2. The van der Waals surface area contributed by atoms with Crippen LogP contribution in [0.3, 0.4) is 0 Å². The molecule has 0 radical (unpaired) electrons. The number of allylic oxidation sites excluding steroid dienone is 1. The van der Waals surface area contributed by atoms with E-state index in [1.165, 1.54) is 0 Å². The number of nitrogens with one attached hydrogen (secondary N) is 1. The van der Waals surface area contributed by atoms with Gasteiger partial charge < -0.3 is 14.8 Å². The third kappa shape index (κ3) is 2.67. The fraction of sp³-hybridized carbons (Fsp3) is 0.176. The second kappa shape index (κ2) is 6.23. The molecule has 0 fully saturated rings. The van der Waals surface area contributed by atoms with E-state index in [9.17, 15) is 0 Å². The van der Waals surface area contributed by atoms with Gasteiger partial charge in [0.2, 0.25) is 5.95 Å². The normalized spacial score (nSPS) is 15.8. The highest BCUT2D eigenvalue weighted by Gasteiger charge is 2.27. The minimum absolute atomic E-state index is 0.244. The van der Waals surface area contributed by atoms with Crippen LogP contribution in [-0.4, -0.2) is 39.4 Å². The fourth-order valence-electron chi connectivity index (χ4n) is 2.84. The number of anilines is 1. The van der Waals surface area contributed by atoms with E-state index >= 15 is 0 Å². The average Bonchev–Trinajstić information content (AvgIpc) is 3.16. The van der Waals surface area contributed by atoms with Gasteiger partial charge >= 0.3 is 0 Å². The smallest absolute Gasteiger partial charge is 0.248 e. The van der Waals surface area contributed by atoms with Crippen LogP contribution in [0.2, 0.25) is 0 Å². The monoisotopic (exact) mass is 336 g/mol. The van der Waals surface area contributed by atoms with Crippen LogP contribution in [-0.2, 0) is 0 Å². The van der Waals surface area contributed by atoms with Gasteiger partial charge in [-0.2, -0.15) is 4.68 Å². The topological polar surface area (TPSA) is 87.0 Å². The molecule has 126 valence electrons. The van der Waals surface area contributed by atoms with Crippen molar-refractivity contribution in [2.45, 2.75) is 6.04 Å². The summed E-state index contributed by atoms with van der Waals surface area (Å²) in [6.45, 7) is 0.